The van der Waals surface area contributed by atoms with E-state index in [0.717, 1.165) is 36.2 Å². The largest absolute Gasteiger partial charge is 0.383 e. The fourth-order valence-corrected chi connectivity index (χ4v) is 7.34. The molecule has 4 bridgehead atoms. The zero-order valence-corrected chi connectivity index (χ0v) is 23.0. The lowest BCUT2D eigenvalue weighted by Gasteiger charge is -2.56. The summed E-state index contributed by atoms with van der Waals surface area (Å²) in [6.45, 7) is 9.23. The van der Waals surface area contributed by atoms with Gasteiger partial charge in [-0.2, -0.15) is 5.10 Å². The van der Waals surface area contributed by atoms with E-state index in [1.165, 1.54) is 19.3 Å². The van der Waals surface area contributed by atoms with E-state index in [1.807, 2.05) is 41.9 Å². The Bertz CT molecular complexity index is 1130. The number of benzene rings is 1. The van der Waals surface area contributed by atoms with Crippen molar-refractivity contribution in [1.29, 1.82) is 0 Å². The summed E-state index contributed by atoms with van der Waals surface area (Å²) in [6.07, 6.45) is 6.80. The Kier molecular flexibility index (Phi) is 6.94. The van der Waals surface area contributed by atoms with E-state index in [9.17, 15) is 9.59 Å². The number of carbonyl (C=O) groups is 2. The molecule has 0 atom stereocenters. The Morgan fingerprint density at radius 2 is 1.73 bits per heavy atom. The van der Waals surface area contributed by atoms with Crippen LogP contribution < -0.4 is 5.32 Å². The van der Waals surface area contributed by atoms with Crippen LogP contribution in [-0.4, -0.2) is 53.3 Å². The molecule has 0 spiro atoms. The molecule has 0 unspecified atom stereocenters. The van der Waals surface area contributed by atoms with E-state index in [-0.39, 0.29) is 29.2 Å². The van der Waals surface area contributed by atoms with Gasteiger partial charge in [0.1, 0.15) is 12.4 Å². The predicted octanol–water partition coefficient (Wildman–Crippen LogP) is 5.11. The molecule has 2 amide bonds. The lowest BCUT2D eigenvalue weighted by molar-refractivity contribution is -0.159. The third kappa shape index (κ3) is 5.20. The van der Waals surface area contributed by atoms with Crippen LogP contribution in [0, 0.1) is 30.1 Å². The number of methoxy groups -OCH3 is 1. The van der Waals surface area contributed by atoms with E-state index >= 15 is 0 Å². The van der Waals surface area contributed by atoms with Crippen molar-refractivity contribution < 1.29 is 14.3 Å². The van der Waals surface area contributed by atoms with Crippen molar-refractivity contribution in [2.24, 2.45) is 23.2 Å². The number of nitrogens with zero attached hydrogens (tertiary/aromatic N) is 3. The average molecular weight is 507 g/mol. The molecule has 4 saturated carbocycles. The molecular weight excluding hydrogens is 464 g/mol. The number of aryl methyl sites for hydroxylation is 1. The number of nitrogens with one attached hydrogen (secondary N) is 1. The molecule has 37 heavy (non-hydrogen) atoms. The van der Waals surface area contributed by atoms with Gasteiger partial charge < -0.3 is 15.0 Å². The second-order valence-corrected chi connectivity index (χ2v) is 12.8. The van der Waals surface area contributed by atoms with E-state index in [1.54, 1.807) is 12.0 Å². The quantitative estimate of drug-likeness (QED) is 0.540. The Morgan fingerprint density at radius 3 is 2.30 bits per heavy atom. The average Bonchev–Trinajstić information content (AvgIpc) is 3.24. The fraction of sp³-hybridized carbons (Fsp3) is 0.633. The normalized spacial score (nSPS) is 26.4. The van der Waals surface area contributed by atoms with Gasteiger partial charge in [0, 0.05) is 25.1 Å². The lowest BCUT2D eigenvalue weighted by atomic mass is 9.49. The summed E-state index contributed by atoms with van der Waals surface area (Å²) in [5.41, 5.74) is 2.43. The molecule has 2 aromatic rings. The second-order valence-electron chi connectivity index (χ2n) is 12.8. The smallest absolute Gasteiger partial charge is 0.245 e. The molecule has 200 valence electrons. The van der Waals surface area contributed by atoms with Gasteiger partial charge in [-0.3, -0.25) is 9.59 Å². The van der Waals surface area contributed by atoms with Crippen molar-refractivity contribution >= 4 is 17.6 Å². The first-order chi connectivity index (χ1) is 17.6. The maximum absolute atomic E-state index is 14.0. The maximum atomic E-state index is 14.0. The summed E-state index contributed by atoms with van der Waals surface area (Å²) >= 11 is 0. The van der Waals surface area contributed by atoms with Crippen LogP contribution in [0.4, 0.5) is 5.82 Å². The topological polar surface area (TPSA) is 76.5 Å². The van der Waals surface area contributed by atoms with Gasteiger partial charge in [-0.1, -0.05) is 39.0 Å². The molecule has 4 aliphatic carbocycles. The lowest BCUT2D eigenvalue weighted by Crippen LogP contribution is -2.56. The second kappa shape index (κ2) is 9.90. The molecule has 4 aliphatic rings. The minimum atomic E-state index is -0.287. The Hall–Kier alpha value is -2.67. The van der Waals surface area contributed by atoms with Crippen LogP contribution in [0.2, 0.25) is 0 Å². The number of carbonyl (C=O) groups excluding carboxylic acids is 2. The first kappa shape index (κ1) is 26.0. The minimum Gasteiger partial charge on any atom is -0.383 e. The van der Waals surface area contributed by atoms with Crippen LogP contribution in [-0.2, 0) is 19.7 Å². The van der Waals surface area contributed by atoms with Gasteiger partial charge in [-0.15, -0.1) is 0 Å². The number of hydrogen-bond acceptors (Lipinski definition) is 4. The third-order valence-electron chi connectivity index (χ3n) is 8.77. The van der Waals surface area contributed by atoms with Crippen LogP contribution >= 0.6 is 0 Å². The molecule has 0 aliphatic heterocycles. The summed E-state index contributed by atoms with van der Waals surface area (Å²) in [6, 6.07) is 9.96. The first-order valence-electron chi connectivity index (χ1n) is 13.8. The zero-order chi connectivity index (χ0) is 26.4. The molecule has 7 heteroatoms. The highest BCUT2D eigenvalue weighted by molar-refractivity contribution is 5.95. The summed E-state index contributed by atoms with van der Waals surface area (Å²) in [7, 11) is 1.64. The molecule has 4 fully saturated rings. The van der Waals surface area contributed by atoms with Crippen molar-refractivity contribution in [1.82, 2.24) is 14.7 Å². The molecule has 0 saturated heterocycles. The van der Waals surface area contributed by atoms with Gasteiger partial charge >= 0.3 is 0 Å². The summed E-state index contributed by atoms with van der Waals surface area (Å²) in [5, 5.41) is 7.95. The summed E-state index contributed by atoms with van der Waals surface area (Å²) in [4.78, 5) is 29.2. The molecule has 0 radical (unpaired) electrons. The number of para-hydroxylation sites is 1. The number of anilines is 1. The number of rotatable bonds is 8. The van der Waals surface area contributed by atoms with Gasteiger partial charge in [-0.05, 0) is 74.8 Å². The highest BCUT2D eigenvalue weighted by atomic mass is 16.5. The van der Waals surface area contributed by atoms with Gasteiger partial charge in [0.2, 0.25) is 11.8 Å². The Morgan fingerprint density at radius 1 is 1.11 bits per heavy atom. The van der Waals surface area contributed by atoms with Gasteiger partial charge in [-0.25, -0.2) is 4.68 Å². The highest BCUT2D eigenvalue weighted by Crippen LogP contribution is 2.60. The standard InChI is InChI=1S/C30H42N4O3/c1-20-8-6-7-9-24(20)34-26(15-25(32-34)29(2,3)4)31-27(35)19-33(10-11-37-5)28(36)30-16-21-12-22(17-30)14-23(13-21)18-30/h6-9,15,21-23H,10-14,16-19H2,1-5H3,(H,31,35). The highest BCUT2D eigenvalue weighted by Gasteiger charge is 2.55. The van der Waals surface area contributed by atoms with E-state index in [0.29, 0.717) is 36.7 Å². The number of amides is 2. The Balaban J connectivity index is 1.37. The summed E-state index contributed by atoms with van der Waals surface area (Å²) < 4.78 is 7.15. The third-order valence-corrected chi connectivity index (χ3v) is 8.77. The number of hydrogen-bond donors (Lipinski definition) is 1. The van der Waals surface area contributed by atoms with Crippen molar-refractivity contribution in [3.8, 4) is 5.69 Å². The Labute approximate surface area is 220 Å². The molecule has 1 aromatic carbocycles. The van der Waals surface area contributed by atoms with Gasteiger partial charge in [0.15, 0.2) is 0 Å². The van der Waals surface area contributed by atoms with Crippen LogP contribution in [0.1, 0.15) is 70.6 Å². The van der Waals surface area contributed by atoms with Crippen molar-refractivity contribution in [2.45, 2.75) is 71.6 Å². The van der Waals surface area contributed by atoms with E-state index in [4.69, 9.17) is 9.84 Å². The number of aromatic nitrogens is 2. The fourth-order valence-electron chi connectivity index (χ4n) is 7.34. The summed E-state index contributed by atoms with van der Waals surface area (Å²) in [5.74, 6) is 2.59. The van der Waals surface area contributed by atoms with Gasteiger partial charge in [0.25, 0.3) is 0 Å². The molecule has 6 rings (SSSR count). The van der Waals surface area contributed by atoms with Crippen molar-refractivity contribution in [2.75, 3.05) is 32.1 Å². The predicted molar refractivity (Wildman–Crippen MR) is 145 cm³/mol. The monoisotopic (exact) mass is 506 g/mol. The molecular formula is C30H42N4O3. The van der Waals surface area contributed by atoms with Crippen molar-refractivity contribution in [3.63, 3.8) is 0 Å². The van der Waals surface area contributed by atoms with Crippen molar-refractivity contribution in [3.05, 3.63) is 41.6 Å². The molecule has 1 N–H and O–H groups in total. The number of ether oxygens (including phenoxy) is 1. The van der Waals surface area contributed by atoms with Crippen LogP contribution in [0.25, 0.3) is 5.69 Å². The van der Waals surface area contributed by atoms with Crippen LogP contribution in [0.15, 0.2) is 30.3 Å². The SMILES string of the molecule is COCCN(CC(=O)Nc1cc(C(C)(C)C)nn1-c1ccccc1C)C(=O)C12CC3CC(CC(C3)C1)C2. The first-order valence-corrected chi connectivity index (χ1v) is 13.8. The molecule has 1 heterocycles. The maximum Gasteiger partial charge on any atom is 0.245 e. The zero-order valence-electron chi connectivity index (χ0n) is 23.0. The van der Waals surface area contributed by atoms with Gasteiger partial charge in [0.05, 0.1) is 23.4 Å². The van der Waals surface area contributed by atoms with Crippen LogP contribution in [0.3, 0.4) is 0 Å². The minimum absolute atomic E-state index is 0.0216. The van der Waals surface area contributed by atoms with Crippen LogP contribution in [0.5, 0.6) is 0 Å². The molecule has 1 aromatic heterocycles. The molecule has 7 nitrogen and oxygen atoms in total. The van der Waals surface area contributed by atoms with E-state index in [2.05, 4.69) is 26.1 Å². The van der Waals surface area contributed by atoms with E-state index < -0.39 is 0 Å².